The Morgan fingerprint density at radius 3 is 2.32 bits per heavy atom. The molecule has 0 aliphatic carbocycles. The highest BCUT2D eigenvalue weighted by Gasteiger charge is 2.25. The minimum absolute atomic E-state index is 0.0663. The van der Waals surface area contributed by atoms with E-state index in [2.05, 4.69) is 0 Å². The number of nitrogens with zero attached hydrogens (tertiary/aromatic N) is 1. The van der Waals surface area contributed by atoms with Crippen LogP contribution in [0.4, 0.5) is 0 Å². The van der Waals surface area contributed by atoms with Gasteiger partial charge in [0.2, 0.25) is 11.8 Å². The number of likely N-dealkylation sites (tertiary alicyclic amines) is 1. The van der Waals surface area contributed by atoms with E-state index in [1.54, 1.807) is 0 Å². The second kappa shape index (κ2) is 5.87. The zero-order valence-corrected chi connectivity index (χ0v) is 11.3. The number of primary amides is 1. The Kier molecular flexibility index (Phi) is 4.20. The summed E-state index contributed by atoms with van der Waals surface area (Å²) in [7, 11) is 0. The van der Waals surface area contributed by atoms with Crippen LogP contribution in [0.5, 0.6) is 0 Å². The maximum atomic E-state index is 12.1. The Balaban J connectivity index is 1.88. The van der Waals surface area contributed by atoms with E-state index in [4.69, 9.17) is 5.73 Å². The lowest BCUT2D eigenvalue weighted by molar-refractivity contribution is -0.134. The number of hydrogen-bond donors (Lipinski definition) is 1. The highest BCUT2D eigenvalue weighted by molar-refractivity contribution is 5.80. The van der Waals surface area contributed by atoms with Crippen LogP contribution in [0.15, 0.2) is 24.3 Å². The van der Waals surface area contributed by atoms with Gasteiger partial charge in [-0.25, -0.2) is 0 Å². The van der Waals surface area contributed by atoms with Crippen molar-refractivity contribution >= 4 is 11.8 Å². The zero-order chi connectivity index (χ0) is 13.8. The molecule has 1 aromatic carbocycles. The summed E-state index contributed by atoms with van der Waals surface area (Å²) in [5, 5.41) is 0. The van der Waals surface area contributed by atoms with Crippen LogP contribution in [0.25, 0.3) is 0 Å². The van der Waals surface area contributed by atoms with E-state index in [0.29, 0.717) is 32.4 Å². The number of benzene rings is 1. The first kappa shape index (κ1) is 13.6. The van der Waals surface area contributed by atoms with Gasteiger partial charge in [0, 0.05) is 19.0 Å². The molecule has 1 saturated heterocycles. The molecular weight excluding hydrogens is 240 g/mol. The molecule has 0 radical (unpaired) electrons. The van der Waals surface area contributed by atoms with Crippen LogP contribution >= 0.6 is 0 Å². The highest BCUT2D eigenvalue weighted by Crippen LogP contribution is 2.17. The average Bonchev–Trinajstić information content (AvgIpc) is 2.41. The molecule has 1 aliphatic heterocycles. The lowest BCUT2D eigenvalue weighted by Gasteiger charge is -2.30. The van der Waals surface area contributed by atoms with Crippen molar-refractivity contribution < 1.29 is 9.59 Å². The van der Waals surface area contributed by atoms with Gasteiger partial charge < -0.3 is 10.6 Å². The van der Waals surface area contributed by atoms with Crippen LogP contribution < -0.4 is 5.73 Å². The highest BCUT2D eigenvalue weighted by atomic mass is 16.2. The summed E-state index contributed by atoms with van der Waals surface area (Å²) in [6.07, 6.45) is 1.81. The van der Waals surface area contributed by atoms with Crippen LogP contribution in [-0.4, -0.2) is 29.8 Å². The third-order valence-electron chi connectivity index (χ3n) is 3.73. The number of carbonyl (C=O) groups excluding carboxylic acids is 2. The molecule has 0 unspecified atom stereocenters. The van der Waals surface area contributed by atoms with Gasteiger partial charge in [-0.05, 0) is 25.3 Å². The van der Waals surface area contributed by atoms with E-state index in [9.17, 15) is 9.59 Å². The molecule has 0 aromatic heterocycles. The zero-order valence-electron chi connectivity index (χ0n) is 11.3. The molecule has 4 nitrogen and oxygen atoms in total. The number of hydrogen-bond acceptors (Lipinski definition) is 2. The van der Waals surface area contributed by atoms with Crippen molar-refractivity contribution in [1.82, 2.24) is 4.90 Å². The molecule has 2 amide bonds. The maximum Gasteiger partial charge on any atom is 0.226 e. The van der Waals surface area contributed by atoms with Gasteiger partial charge in [-0.2, -0.15) is 0 Å². The number of nitrogens with two attached hydrogens (primary N) is 1. The standard InChI is InChI=1S/C15H20N2O2/c1-11-2-4-12(5-3-11)10-14(18)17-8-6-13(7-9-17)15(16)19/h2-5,13H,6-10H2,1H3,(H2,16,19). The molecule has 4 heteroatoms. The first-order valence-electron chi connectivity index (χ1n) is 6.69. The number of piperidine rings is 1. The minimum atomic E-state index is -0.245. The van der Waals surface area contributed by atoms with Crippen LogP contribution in [-0.2, 0) is 16.0 Å². The van der Waals surface area contributed by atoms with Gasteiger partial charge in [-0.1, -0.05) is 29.8 Å². The predicted octanol–water partition coefficient (Wildman–Crippen LogP) is 1.26. The third-order valence-corrected chi connectivity index (χ3v) is 3.73. The summed E-state index contributed by atoms with van der Waals surface area (Å²) < 4.78 is 0. The summed E-state index contributed by atoms with van der Waals surface area (Å²) in [5.41, 5.74) is 7.51. The van der Waals surface area contributed by atoms with Crippen molar-refractivity contribution in [1.29, 1.82) is 0 Å². The smallest absolute Gasteiger partial charge is 0.226 e. The molecule has 19 heavy (non-hydrogen) atoms. The number of carbonyl (C=O) groups is 2. The predicted molar refractivity (Wildman–Crippen MR) is 73.4 cm³/mol. The molecule has 0 atom stereocenters. The van der Waals surface area contributed by atoms with Crippen LogP contribution in [0.3, 0.4) is 0 Å². The van der Waals surface area contributed by atoms with Gasteiger partial charge in [-0.15, -0.1) is 0 Å². The number of amides is 2. The molecule has 2 rings (SSSR count). The molecular formula is C15H20N2O2. The average molecular weight is 260 g/mol. The molecule has 1 aromatic rings. The van der Waals surface area contributed by atoms with Gasteiger partial charge in [0.25, 0.3) is 0 Å². The largest absolute Gasteiger partial charge is 0.369 e. The summed E-state index contributed by atoms with van der Waals surface area (Å²) in [6, 6.07) is 8.01. The fourth-order valence-electron chi connectivity index (χ4n) is 2.41. The van der Waals surface area contributed by atoms with Gasteiger partial charge >= 0.3 is 0 Å². The van der Waals surface area contributed by atoms with Crippen molar-refractivity contribution in [2.24, 2.45) is 11.7 Å². The lowest BCUT2D eigenvalue weighted by atomic mass is 9.96. The number of aryl methyl sites for hydroxylation is 1. The summed E-state index contributed by atoms with van der Waals surface area (Å²) >= 11 is 0. The van der Waals surface area contributed by atoms with Gasteiger partial charge in [-0.3, -0.25) is 9.59 Å². The minimum Gasteiger partial charge on any atom is -0.369 e. The summed E-state index contributed by atoms with van der Waals surface area (Å²) in [6.45, 7) is 3.30. The Labute approximate surface area is 113 Å². The van der Waals surface area contributed by atoms with E-state index < -0.39 is 0 Å². The second-order valence-electron chi connectivity index (χ2n) is 5.22. The van der Waals surface area contributed by atoms with E-state index >= 15 is 0 Å². The van der Waals surface area contributed by atoms with Crippen molar-refractivity contribution in [3.8, 4) is 0 Å². The first-order chi connectivity index (χ1) is 9.06. The van der Waals surface area contributed by atoms with Gasteiger partial charge in [0.05, 0.1) is 6.42 Å². The van der Waals surface area contributed by atoms with Crippen molar-refractivity contribution in [2.75, 3.05) is 13.1 Å². The lowest BCUT2D eigenvalue weighted by Crippen LogP contribution is -2.42. The molecule has 0 saturated carbocycles. The summed E-state index contributed by atoms with van der Waals surface area (Å²) in [4.78, 5) is 25.0. The molecule has 1 fully saturated rings. The number of rotatable bonds is 3. The molecule has 102 valence electrons. The van der Waals surface area contributed by atoms with Gasteiger partial charge in [0.1, 0.15) is 0 Å². The monoisotopic (exact) mass is 260 g/mol. The fraction of sp³-hybridized carbons (Fsp3) is 0.467. The molecule has 0 bridgehead atoms. The van der Waals surface area contributed by atoms with E-state index in [1.807, 2.05) is 36.1 Å². The Bertz CT molecular complexity index is 460. The third kappa shape index (κ3) is 3.56. The maximum absolute atomic E-state index is 12.1. The quantitative estimate of drug-likeness (QED) is 0.889. The Hall–Kier alpha value is -1.84. The van der Waals surface area contributed by atoms with E-state index in [-0.39, 0.29) is 17.7 Å². The van der Waals surface area contributed by atoms with Crippen molar-refractivity contribution in [3.63, 3.8) is 0 Å². The fourth-order valence-corrected chi connectivity index (χ4v) is 2.41. The van der Waals surface area contributed by atoms with Crippen molar-refractivity contribution in [2.45, 2.75) is 26.2 Å². The first-order valence-corrected chi connectivity index (χ1v) is 6.69. The normalized spacial score (nSPS) is 16.4. The van der Waals surface area contributed by atoms with Crippen molar-refractivity contribution in [3.05, 3.63) is 35.4 Å². The Morgan fingerprint density at radius 2 is 1.79 bits per heavy atom. The SMILES string of the molecule is Cc1ccc(CC(=O)N2CCC(C(N)=O)CC2)cc1. The molecule has 2 N–H and O–H groups in total. The Morgan fingerprint density at radius 1 is 1.21 bits per heavy atom. The molecule has 1 aliphatic rings. The van der Waals surface area contributed by atoms with Crippen LogP contribution in [0.2, 0.25) is 0 Å². The molecule has 0 spiro atoms. The summed E-state index contributed by atoms with van der Waals surface area (Å²) in [5.74, 6) is -0.180. The van der Waals surface area contributed by atoms with E-state index in [0.717, 1.165) is 5.56 Å². The second-order valence-corrected chi connectivity index (χ2v) is 5.22. The topological polar surface area (TPSA) is 63.4 Å². The molecule has 1 heterocycles. The van der Waals surface area contributed by atoms with Gasteiger partial charge in [0.15, 0.2) is 0 Å². The van der Waals surface area contributed by atoms with Crippen LogP contribution in [0, 0.1) is 12.8 Å². The van der Waals surface area contributed by atoms with E-state index in [1.165, 1.54) is 5.56 Å². The van der Waals surface area contributed by atoms with Crippen LogP contribution in [0.1, 0.15) is 24.0 Å².